The average Bonchev–Trinajstić information content (AvgIpc) is 2.68. The Kier molecular flexibility index (Phi) is 3.17. The van der Waals surface area contributed by atoms with Crippen LogP contribution in [0, 0.1) is 11.6 Å². The first-order valence-corrected chi connectivity index (χ1v) is 5.24. The number of hydrogen-bond acceptors (Lipinski definition) is 2. The number of halogens is 2. The Morgan fingerprint density at radius 3 is 2.62 bits per heavy atom. The van der Waals surface area contributed by atoms with E-state index in [9.17, 15) is 8.78 Å². The zero-order chi connectivity index (χ0) is 11.5. The van der Waals surface area contributed by atoms with Gasteiger partial charge in [-0.1, -0.05) is 6.92 Å². The Balaban J connectivity index is 2.07. The Bertz CT molecular complexity index is 386. The van der Waals surface area contributed by atoms with Gasteiger partial charge in [0.15, 0.2) is 6.40 Å². The molecule has 86 valence electrons. The van der Waals surface area contributed by atoms with E-state index in [1.54, 1.807) is 0 Å². The fraction of sp³-hybridized carbons (Fsp3) is 0.417. The van der Waals surface area contributed by atoms with Crippen LogP contribution in [0.4, 0.5) is 8.78 Å². The maximum Gasteiger partial charge on any atom is 0.169 e. The van der Waals surface area contributed by atoms with Gasteiger partial charge in [-0.2, -0.15) is 0 Å². The highest BCUT2D eigenvalue weighted by molar-refractivity contribution is 5.49. The fourth-order valence-corrected chi connectivity index (χ4v) is 1.86. The minimum absolute atomic E-state index is 0.0639. The number of benzene rings is 1. The molecule has 4 heteroatoms. The van der Waals surface area contributed by atoms with Crippen LogP contribution in [0.1, 0.15) is 24.8 Å². The Labute approximate surface area is 93.0 Å². The summed E-state index contributed by atoms with van der Waals surface area (Å²) in [5, 5.41) is 0. The lowest BCUT2D eigenvalue weighted by molar-refractivity contribution is 0.316. The van der Waals surface area contributed by atoms with Gasteiger partial charge in [0.1, 0.15) is 18.2 Å². The minimum atomic E-state index is -0.534. The maximum atomic E-state index is 13.0. The van der Waals surface area contributed by atoms with Crippen LogP contribution in [0.25, 0.3) is 0 Å². The molecule has 0 saturated heterocycles. The number of aliphatic imine (C=N–C) groups is 1. The second-order valence-electron chi connectivity index (χ2n) is 4.08. The fourth-order valence-electron chi connectivity index (χ4n) is 1.86. The highest BCUT2D eigenvalue weighted by Gasteiger charge is 2.17. The van der Waals surface area contributed by atoms with E-state index in [0.717, 1.165) is 12.5 Å². The summed E-state index contributed by atoms with van der Waals surface area (Å²) in [7, 11) is 0. The Morgan fingerprint density at radius 1 is 1.38 bits per heavy atom. The lowest BCUT2D eigenvalue weighted by Gasteiger charge is -2.14. The molecule has 0 aliphatic carbocycles. The summed E-state index contributed by atoms with van der Waals surface area (Å²) >= 11 is 0. The summed E-state index contributed by atoms with van der Waals surface area (Å²) in [5.74, 6) is -1.00. The molecule has 2 nitrogen and oxygen atoms in total. The highest BCUT2D eigenvalue weighted by Crippen LogP contribution is 2.24. The zero-order valence-corrected chi connectivity index (χ0v) is 8.99. The van der Waals surface area contributed by atoms with Crippen molar-refractivity contribution in [3.63, 3.8) is 0 Å². The van der Waals surface area contributed by atoms with Gasteiger partial charge in [0.05, 0.1) is 6.04 Å². The summed E-state index contributed by atoms with van der Waals surface area (Å²) in [6, 6.07) is 3.72. The molecule has 1 aromatic rings. The lowest BCUT2D eigenvalue weighted by atomic mass is 9.94. The van der Waals surface area contributed by atoms with Crippen molar-refractivity contribution in [2.24, 2.45) is 4.99 Å². The molecule has 0 spiro atoms. The molecule has 16 heavy (non-hydrogen) atoms. The molecule has 0 fully saturated rings. The molecular formula is C12H13F2NO. The van der Waals surface area contributed by atoms with Crippen LogP contribution in [0.15, 0.2) is 23.2 Å². The minimum Gasteiger partial charge on any atom is -0.481 e. The third kappa shape index (κ3) is 2.56. The van der Waals surface area contributed by atoms with Gasteiger partial charge < -0.3 is 4.74 Å². The summed E-state index contributed by atoms with van der Waals surface area (Å²) < 4.78 is 31.0. The molecule has 2 rings (SSSR count). The van der Waals surface area contributed by atoms with Crippen molar-refractivity contribution in [1.82, 2.24) is 0 Å². The third-order valence-electron chi connectivity index (χ3n) is 2.71. The van der Waals surface area contributed by atoms with Gasteiger partial charge in [-0.15, -0.1) is 0 Å². The molecule has 0 N–H and O–H groups in total. The number of hydrogen-bond donors (Lipinski definition) is 0. The maximum absolute atomic E-state index is 13.0. The van der Waals surface area contributed by atoms with Gasteiger partial charge in [-0.05, 0) is 30.0 Å². The first-order chi connectivity index (χ1) is 7.65. The van der Waals surface area contributed by atoms with Gasteiger partial charge in [0.25, 0.3) is 0 Å². The second-order valence-corrected chi connectivity index (χ2v) is 4.08. The summed E-state index contributed by atoms with van der Waals surface area (Å²) in [6.45, 7) is 2.49. The van der Waals surface area contributed by atoms with Crippen LogP contribution >= 0.6 is 0 Å². The normalized spacial score (nSPS) is 20.8. The topological polar surface area (TPSA) is 21.6 Å². The van der Waals surface area contributed by atoms with Crippen LogP contribution in [-0.2, 0) is 4.74 Å². The smallest absolute Gasteiger partial charge is 0.169 e. The summed E-state index contributed by atoms with van der Waals surface area (Å²) in [6.07, 6.45) is 2.17. The number of ether oxygens (including phenoxy) is 1. The standard InChI is InChI=1S/C12H13F2NO/c1-8(2-12-6-16-7-15-12)9-3-10(13)5-11(14)4-9/h3-5,7-8,12H,2,6H2,1H3. The Hall–Kier alpha value is -1.45. The molecule has 2 unspecified atom stereocenters. The van der Waals surface area contributed by atoms with Gasteiger partial charge in [-0.25, -0.2) is 8.78 Å². The van der Waals surface area contributed by atoms with Crippen molar-refractivity contribution in [1.29, 1.82) is 0 Å². The molecule has 1 aliphatic heterocycles. The van der Waals surface area contributed by atoms with E-state index in [2.05, 4.69) is 4.99 Å². The molecule has 0 amide bonds. The van der Waals surface area contributed by atoms with Crippen LogP contribution < -0.4 is 0 Å². The first-order valence-electron chi connectivity index (χ1n) is 5.24. The van der Waals surface area contributed by atoms with Crippen molar-refractivity contribution in [3.8, 4) is 0 Å². The van der Waals surface area contributed by atoms with E-state index < -0.39 is 11.6 Å². The van der Waals surface area contributed by atoms with E-state index in [1.807, 2.05) is 6.92 Å². The molecule has 1 heterocycles. The lowest BCUT2D eigenvalue weighted by Crippen LogP contribution is -2.10. The monoisotopic (exact) mass is 225 g/mol. The van der Waals surface area contributed by atoms with Gasteiger partial charge >= 0.3 is 0 Å². The van der Waals surface area contributed by atoms with Gasteiger partial charge in [0.2, 0.25) is 0 Å². The van der Waals surface area contributed by atoms with E-state index >= 15 is 0 Å². The summed E-state index contributed by atoms with van der Waals surface area (Å²) in [4.78, 5) is 4.11. The molecule has 0 bridgehead atoms. The van der Waals surface area contributed by atoms with Crippen molar-refractivity contribution in [3.05, 3.63) is 35.4 Å². The molecule has 0 radical (unpaired) electrons. The average molecular weight is 225 g/mol. The van der Waals surface area contributed by atoms with E-state index in [1.165, 1.54) is 18.5 Å². The van der Waals surface area contributed by atoms with Gasteiger partial charge in [-0.3, -0.25) is 4.99 Å². The van der Waals surface area contributed by atoms with E-state index in [0.29, 0.717) is 12.2 Å². The van der Waals surface area contributed by atoms with E-state index in [-0.39, 0.29) is 12.0 Å². The zero-order valence-electron chi connectivity index (χ0n) is 8.99. The summed E-state index contributed by atoms with van der Waals surface area (Å²) in [5.41, 5.74) is 0.666. The molecule has 1 aliphatic rings. The van der Waals surface area contributed by atoms with Crippen LogP contribution in [0.2, 0.25) is 0 Å². The predicted molar refractivity (Wildman–Crippen MR) is 57.6 cm³/mol. The van der Waals surface area contributed by atoms with Crippen molar-refractivity contribution in [2.45, 2.75) is 25.3 Å². The van der Waals surface area contributed by atoms with Crippen molar-refractivity contribution < 1.29 is 13.5 Å². The Morgan fingerprint density at radius 2 is 2.06 bits per heavy atom. The predicted octanol–water partition coefficient (Wildman–Crippen LogP) is 2.89. The largest absolute Gasteiger partial charge is 0.481 e. The van der Waals surface area contributed by atoms with Crippen LogP contribution in [0.3, 0.4) is 0 Å². The highest BCUT2D eigenvalue weighted by atomic mass is 19.1. The first kappa shape index (κ1) is 11.0. The SMILES string of the molecule is CC(CC1COC=N1)c1cc(F)cc(F)c1. The van der Waals surface area contributed by atoms with Crippen LogP contribution in [-0.4, -0.2) is 19.0 Å². The molecule has 1 aromatic carbocycles. The van der Waals surface area contributed by atoms with E-state index in [4.69, 9.17) is 4.74 Å². The van der Waals surface area contributed by atoms with Crippen molar-refractivity contribution in [2.75, 3.05) is 6.61 Å². The molecule has 0 aromatic heterocycles. The quantitative estimate of drug-likeness (QED) is 0.775. The molecule has 0 saturated carbocycles. The molecular weight excluding hydrogens is 212 g/mol. The molecule has 2 atom stereocenters. The van der Waals surface area contributed by atoms with Gasteiger partial charge in [0, 0.05) is 6.07 Å². The number of nitrogens with zero attached hydrogens (tertiary/aromatic N) is 1. The number of rotatable bonds is 3. The van der Waals surface area contributed by atoms with Crippen molar-refractivity contribution >= 4 is 6.40 Å². The van der Waals surface area contributed by atoms with Crippen LogP contribution in [0.5, 0.6) is 0 Å². The third-order valence-corrected chi connectivity index (χ3v) is 2.71. The second kappa shape index (κ2) is 4.60.